The molecule has 10 aromatic carbocycles. The molecule has 6 nitrogen and oxygen atoms in total. The molecule has 2 aliphatic rings. The fourth-order valence-electron chi connectivity index (χ4n) is 11.6. The molecule has 70 heavy (non-hydrogen) atoms. The van der Waals surface area contributed by atoms with Crippen LogP contribution in [-0.2, 0) is 10.8 Å². The summed E-state index contributed by atoms with van der Waals surface area (Å²) in [7, 11) is 0. The molecule has 2 aromatic heterocycles. The van der Waals surface area contributed by atoms with E-state index >= 15 is 0 Å². The van der Waals surface area contributed by atoms with E-state index in [2.05, 4.69) is 195 Å². The average molecular weight is 903 g/mol. The molecule has 0 spiro atoms. The van der Waals surface area contributed by atoms with Gasteiger partial charge in [-0.1, -0.05) is 137 Å². The molecule has 0 bridgehead atoms. The van der Waals surface area contributed by atoms with Crippen molar-refractivity contribution in [3.63, 3.8) is 0 Å². The van der Waals surface area contributed by atoms with Gasteiger partial charge in [0.05, 0.1) is 22.7 Å². The van der Waals surface area contributed by atoms with E-state index in [1.165, 1.54) is 60.6 Å². The zero-order chi connectivity index (χ0) is 46.9. The Morgan fingerprint density at radius 1 is 0.386 bits per heavy atom. The van der Waals surface area contributed by atoms with Gasteiger partial charge in [-0.25, -0.2) is 9.97 Å². The van der Waals surface area contributed by atoms with Gasteiger partial charge in [0.15, 0.2) is 11.2 Å². The van der Waals surface area contributed by atoms with Crippen LogP contribution in [0.2, 0.25) is 0 Å². The van der Waals surface area contributed by atoms with Gasteiger partial charge in [0.2, 0.25) is 11.8 Å². The minimum Gasteiger partial charge on any atom is -0.436 e. The van der Waals surface area contributed by atoms with Gasteiger partial charge in [-0.3, -0.25) is 0 Å². The van der Waals surface area contributed by atoms with Crippen molar-refractivity contribution in [1.82, 2.24) is 9.97 Å². The lowest BCUT2D eigenvalue weighted by molar-refractivity contribution is 0.615. The quantitative estimate of drug-likeness (QED) is 0.166. The summed E-state index contributed by atoms with van der Waals surface area (Å²) < 4.78 is 12.6. The Kier molecular flexibility index (Phi) is 8.57. The number of oxazole rings is 2. The fraction of sp³-hybridized carbons (Fsp3) is 0.0938. The van der Waals surface area contributed by atoms with Crippen molar-refractivity contribution in [3.05, 3.63) is 229 Å². The second-order valence-electron chi connectivity index (χ2n) is 19.8. The lowest BCUT2D eigenvalue weighted by atomic mass is 9.73. The molecule has 0 saturated heterocycles. The molecule has 0 N–H and O–H groups in total. The van der Waals surface area contributed by atoms with Gasteiger partial charge in [0.1, 0.15) is 11.0 Å². The number of hydrogen-bond donors (Lipinski definition) is 0. The smallest absolute Gasteiger partial charge is 0.227 e. The zero-order valence-corrected chi connectivity index (χ0v) is 39.2. The summed E-state index contributed by atoms with van der Waals surface area (Å²) in [5, 5.41) is 4.85. The third-order valence-corrected chi connectivity index (χ3v) is 15.1. The molecule has 0 atom stereocenters. The first-order valence-electron chi connectivity index (χ1n) is 24.1. The molecule has 334 valence electrons. The van der Waals surface area contributed by atoms with Crippen molar-refractivity contribution >= 4 is 77.9 Å². The molecule has 0 radical (unpaired) electrons. The summed E-state index contributed by atoms with van der Waals surface area (Å²) in [6, 6.07) is 73.8. The maximum Gasteiger partial charge on any atom is 0.227 e. The summed E-state index contributed by atoms with van der Waals surface area (Å²) in [5.41, 5.74) is 18.9. The summed E-state index contributed by atoms with van der Waals surface area (Å²) >= 11 is 0. The highest BCUT2D eigenvalue weighted by molar-refractivity contribution is 6.17. The van der Waals surface area contributed by atoms with E-state index in [4.69, 9.17) is 18.8 Å². The molecule has 0 unspecified atom stereocenters. The molecular formula is C64H46N4O2. The highest BCUT2D eigenvalue weighted by atomic mass is 16.4. The van der Waals surface area contributed by atoms with Gasteiger partial charge in [-0.05, 0) is 141 Å². The Hall–Kier alpha value is -8.74. The van der Waals surface area contributed by atoms with Crippen LogP contribution >= 0.6 is 0 Å². The Morgan fingerprint density at radius 3 is 1.57 bits per heavy atom. The van der Waals surface area contributed by atoms with Gasteiger partial charge in [0, 0.05) is 44.1 Å². The van der Waals surface area contributed by atoms with Crippen LogP contribution in [0.5, 0.6) is 0 Å². The molecule has 14 rings (SSSR count). The largest absolute Gasteiger partial charge is 0.436 e. The van der Waals surface area contributed by atoms with Crippen LogP contribution in [-0.4, -0.2) is 9.97 Å². The Morgan fingerprint density at radius 2 is 0.886 bits per heavy atom. The number of aromatic nitrogens is 2. The van der Waals surface area contributed by atoms with E-state index in [9.17, 15) is 0 Å². The van der Waals surface area contributed by atoms with E-state index in [0.29, 0.717) is 11.8 Å². The Balaban J connectivity index is 0.960. The van der Waals surface area contributed by atoms with Crippen LogP contribution in [0.4, 0.5) is 34.1 Å². The monoisotopic (exact) mass is 902 g/mol. The van der Waals surface area contributed by atoms with Crippen molar-refractivity contribution in [3.8, 4) is 34.0 Å². The van der Waals surface area contributed by atoms with Crippen LogP contribution in [0.15, 0.2) is 215 Å². The summed E-state index contributed by atoms with van der Waals surface area (Å²) in [6.07, 6.45) is 0. The van der Waals surface area contributed by atoms with Gasteiger partial charge < -0.3 is 18.6 Å². The lowest BCUT2D eigenvalue weighted by Crippen LogP contribution is -2.31. The number of para-hydroxylation sites is 6. The van der Waals surface area contributed by atoms with Gasteiger partial charge >= 0.3 is 0 Å². The van der Waals surface area contributed by atoms with E-state index in [1.54, 1.807) is 0 Å². The summed E-state index contributed by atoms with van der Waals surface area (Å²) in [5.74, 6) is 1.24. The lowest BCUT2D eigenvalue weighted by Gasteiger charge is -2.42. The molecule has 3 heterocycles. The van der Waals surface area contributed by atoms with Gasteiger partial charge in [-0.15, -0.1) is 0 Å². The molecule has 1 aliphatic heterocycles. The van der Waals surface area contributed by atoms with Crippen molar-refractivity contribution in [2.45, 2.75) is 38.5 Å². The zero-order valence-electron chi connectivity index (χ0n) is 39.2. The van der Waals surface area contributed by atoms with Crippen molar-refractivity contribution in [1.29, 1.82) is 0 Å². The maximum absolute atomic E-state index is 6.36. The second kappa shape index (κ2) is 14.9. The molecule has 1 aliphatic carbocycles. The predicted octanol–water partition coefficient (Wildman–Crippen LogP) is 17.5. The van der Waals surface area contributed by atoms with E-state index in [0.717, 1.165) is 61.8 Å². The second-order valence-corrected chi connectivity index (χ2v) is 19.8. The van der Waals surface area contributed by atoms with E-state index in [1.807, 2.05) is 48.5 Å². The molecule has 12 aromatic rings. The molecular weight excluding hydrogens is 857 g/mol. The minimum atomic E-state index is -0.379. The molecule has 6 heteroatoms. The molecule has 0 amide bonds. The van der Waals surface area contributed by atoms with Crippen molar-refractivity contribution < 1.29 is 8.83 Å². The van der Waals surface area contributed by atoms with Crippen molar-refractivity contribution in [2.24, 2.45) is 0 Å². The Bertz CT molecular complexity index is 4020. The van der Waals surface area contributed by atoms with Gasteiger partial charge in [-0.2, -0.15) is 0 Å². The highest BCUT2D eigenvalue weighted by Crippen LogP contribution is 2.60. The fourth-order valence-corrected chi connectivity index (χ4v) is 11.6. The normalized spacial score (nSPS) is 14.2. The van der Waals surface area contributed by atoms with E-state index in [-0.39, 0.29) is 10.8 Å². The number of anilines is 6. The molecule has 0 fully saturated rings. The third-order valence-electron chi connectivity index (χ3n) is 15.1. The summed E-state index contributed by atoms with van der Waals surface area (Å²) in [6.45, 7) is 9.49. The number of rotatable bonds is 6. The first kappa shape index (κ1) is 40.3. The van der Waals surface area contributed by atoms with Crippen LogP contribution in [0.25, 0.3) is 77.8 Å². The van der Waals surface area contributed by atoms with E-state index < -0.39 is 0 Å². The number of benzene rings is 10. The first-order chi connectivity index (χ1) is 34.2. The van der Waals surface area contributed by atoms with Crippen LogP contribution in [0.3, 0.4) is 0 Å². The van der Waals surface area contributed by atoms with Crippen molar-refractivity contribution in [2.75, 3.05) is 9.80 Å². The predicted molar refractivity (Wildman–Crippen MR) is 287 cm³/mol. The SMILES string of the molecule is CC1(C)c2ccccc2N(c2cc3c(c4ccccc24)-c2c(cc(N(c4ccccc4)c4ccc(-c5nc6ccccc6o5)cc4)c4ccccc24)C3(C)C)c2ccc(-c3nc4ccccc4o3)cc21. The Labute approximate surface area is 405 Å². The van der Waals surface area contributed by atoms with Crippen LogP contribution in [0, 0.1) is 0 Å². The number of hydrogen-bond acceptors (Lipinski definition) is 6. The third kappa shape index (κ3) is 5.86. The average Bonchev–Trinajstić information content (AvgIpc) is 4.10. The minimum absolute atomic E-state index is 0.308. The highest BCUT2D eigenvalue weighted by Gasteiger charge is 2.42. The van der Waals surface area contributed by atoms with Crippen LogP contribution in [0.1, 0.15) is 49.9 Å². The first-order valence-corrected chi connectivity index (χ1v) is 24.1. The topological polar surface area (TPSA) is 58.5 Å². The maximum atomic E-state index is 6.36. The standard InChI is InChI=1S/C64H46N4O2/c1-63(2)47-24-12-15-27-53(47)68(54-35-32-40(36-48(54)63)62-66-52-26-14-17-29-58(52)70-62)56-38-50-60(46-23-11-9-21-44(46)56)59-45-22-10-8-20-43(45)55(37-49(59)64(50,3)4)67(41-18-6-5-7-19-41)42-33-30-39(31-34-42)61-65-51-25-13-16-28-57(51)69-61/h5-38H,1-4H3. The molecule has 0 saturated carbocycles. The number of fused-ring (bicyclic) bond motifs is 11. The summed E-state index contributed by atoms with van der Waals surface area (Å²) in [4.78, 5) is 14.6. The van der Waals surface area contributed by atoms with Crippen LogP contribution < -0.4 is 9.80 Å². The van der Waals surface area contributed by atoms with Gasteiger partial charge in [0.25, 0.3) is 0 Å². The number of nitrogens with zero attached hydrogens (tertiary/aromatic N) is 4.